The van der Waals surface area contributed by atoms with Gasteiger partial charge < -0.3 is 9.52 Å². The summed E-state index contributed by atoms with van der Waals surface area (Å²) in [5, 5.41) is 22.1. The molecule has 0 unspecified atom stereocenters. The van der Waals surface area contributed by atoms with Crippen molar-refractivity contribution in [3.8, 4) is 17.2 Å². The van der Waals surface area contributed by atoms with Gasteiger partial charge in [-0.15, -0.1) is 0 Å². The van der Waals surface area contributed by atoms with E-state index in [9.17, 15) is 15.2 Å². The highest BCUT2D eigenvalue weighted by Crippen LogP contribution is 2.34. The van der Waals surface area contributed by atoms with Gasteiger partial charge in [0, 0.05) is 27.9 Å². The molecule has 0 bridgehead atoms. The molecule has 3 aromatic carbocycles. The van der Waals surface area contributed by atoms with Crippen LogP contribution in [0, 0.1) is 10.1 Å². The number of fused-ring (bicyclic) bond motifs is 1. The van der Waals surface area contributed by atoms with Gasteiger partial charge in [-0.1, -0.05) is 34.8 Å². The molecule has 4 rings (SSSR count). The Morgan fingerprint density at radius 2 is 1.87 bits per heavy atom. The molecule has 0 radical (unpaired) electrons. The normalized spacial score (nSPS) is 11.4. The average Bonchev–Trinajstić information content (AvgIpc) is 3.11. The highest BCUT2D eigenvalue weighted by Gasteiger charge is 2.18. The molecule has 0 saturated heterocycles. The van der Waals surface area contributed by atoms with Crippen molar-refractivity contribution in [2.24, 2.45) is 4.99 Å². The first-order chi connectivity index (χ1) is 14.3. The quantitative estimate of drug-likeness (QED) is 0.204. The van der Waals surface area contributed by atoms with Gasteiger partial charge in [-0.2, -0.15) is 0 Å². The number of halogens is 3. The Labute approximate surface area is 184 Å². The van der Waals surface area contributed by atoms with Crippen LogP contribution in [-0.4, -0.2) is 21.2 Å². The summed E-state index contributed by atoms with van der Waals surface area (Å²) < 4.78 is 5.75. The van der Waals surface area contributed by atoms with Crippen molar-refractivity contribution in [2.45, 2.75) is 0 Å². The Morgan fingerprint density at radius 3 is 2.60 bits per heavy atom. The third-order valence-electron chi connectivity index (χ3n) is 4.17. The van der Waals surface area contributed by atoms with Gasteiger partial charge in [0.25, 0.3) is 0 Å². The largest absolute Gasteiger partial charge is 0.502 e. The van der Waals surface area contributed by atoms with E-state index in [0.717, 1.165) is 6.07 Å². The van der Waals surface area contributed by atoms with Crippen LogP contribution in [0.5, 0.6) is 5.75 Å². The van der Waals surface area contributed by atoms with Crippen molar-refractivity contribution in [1.29, 1.82) is 0 Å². The summed E-state index contributed by atoms with van der Waals surface area (Å²) in [6, 6.07) is 12.5. The van der Waals surface area contributed by atoms with Gasteiger partial charge in [-0.05, 0) is 42.5 Å². The summed E-state index contributed by atoms with van der Waals surface area (Å²) in [5.41, 5.74) is 1.76. The number of hydrogen-bond donors (Lipinski definition) is 1. The molecule has 0 spiro atoms. The first kappa shape index (κ1) is 20.2. The maximum absolute atomic E-state index is 11.0. The van der Waals surface area contributed by atoms with Gasteiger partial charge in [0.1, 0.15) is 5.52 Å². The molecule has 0 saturated carbocycles. The smallest absolute Gasteiger partial charge is 0.312 e. The second-order valence-corrected chi connectivity index (χ2v) is 7.45. The third kappa shape index (κ3) is 3.95. The Balaban J connectivity index is 1.69. The molecule has 30 heavy (non-hydrogen) atoms. The molecule has 4 aromatic rings. The van der Waals surface area contributed by atoms with E-state index >= 15 is 0 Å². The Bertz CT molecular complexity index is 1330. The summed E-state index contributed by atoms with van der Waals surface area (Å²) >= 11 is 18.0. The number of oxazole rings is 1. The van der Waals surface area contributed by atoms with E-state index in [-0.39, 0.29) is 10.6 Å². The second-order valence-electron chi connectivity index (χ2n) is 6.17. The van der Waals surface area contributed by atoms with Gasteiger partial charge in [0.15, 0.2) is 5.58 Å². The molecular weight excluding hydrogens is 453 g/mol. The van der Waals surface area contributed by atoms with Crippen LogP contribution in [0.15, 0.2) is 57.9 Å². The topological polar surface area (TPSA) is 102 Å². The lowest BCUT2D eigenvalue weighted by Gasteiger charge is -2.01. The maximum atomic E-state index is 11.0. The standard InChI is InChI=1S/C20H10Cl3N3O4/c21-11-1-3-14(15(23)6-11)20-25-16-8-13(2-4-18(16)30-20)24-9-10-5-12(22)7-17(19(10)27)26(28)29/h1-9,27H. The van der Waals surface area contributed by atoms with E-state index in [1.54, 1.807) is 36.4 Å². The van der Waals surface area contributed by atoms with E-state index in [2.05, 4.69) is 9.98 Å². The SMILES string of the molecule is O=[N+]([O-])c1cc(Cl)cc(C=Nc2ccc3oc(-c4ccc(Cl)cc4Cl)nc3c2)c1O. The maximum Gasteiger partial charge on any atom is 0.312 e. The van der Waals surface area contributed by atoms with Crippen LogP contribution in [0.1, 0.15) is 5.56 Å². The summed E-state index contributed by atoms with van der Waals surface area (Å²) in [5.74, 6) is -0.189. The number of benzene rings is 3. The van der Waals surface area contributed by atoms with Gasteiger partial charge in [0.05, 0.1) is 21.2 Å². The molecule has 0 fully saturated rings. The molecule has 7 nitrogen and oxygen atoms in total. The fourth-order valence-corrected chi connectivity index (χ4v) is 3.47. The first-order valence-corrected chi connectivity index (χ1v) is 9.52. The van der Waals surface area contributed by atoms with Crippen LogP contribution in [-0.2, 0) is 0 Å². The van der Waals surface area contributed by atoms with Gasteiger partial charge >= 0.3 is 5.69 Å². The minimum atomic E-state index is -0.719. The van der Waals surface area contributed by atoms with E-state index in [4.69, 9.17) is 39.2 Å². The molecular formula is C20H10Cl3N3O4. The van der Waals surface area contributed by atoms with Gasteiger partial charge in [-0.25, -0.2) is 4.98 Å². The first-order valence-electron chi connectivity index (χ1n) is 8.39. The summed E-state index contributed by atoms with van der Waals surface area (Å²) in [6.07, 6.45) is 1.28. The molecule has 0 amide bonds. The number of hydrogen-bond acceptors (Lipinski definition) is 6. The second kappa shape index (κ2) is 7.95. The predicted octanol–water partition coefficient (Wildman–Crippen LogP) is 6.82. The number of nitro groups is 1. The Morgan fingerprint density at radius 1 is 1.07 bits per heavy atom. The van der Waals surface area contributed by atoms with E-state index < -0.39 is 16.4 Å². The third-order valence-corrected chi connectivity index (χ3v) is 4.93. The molecule has 1 N–H and O–H groups in total. The Hall–Kier alpha value is -3.13. The average molecular weight is 463 g/mol. The van der Waals surface area contributed by atoms with Crippen molar-refractivity contribution >= 4 is 63.5 Å². The van der Waals surface area contributed by atoms with Crippen LogP contribution in [0.25, 0.3) is 22.6 Å². The molecule has 0 atom stereocenters. The zero-order valence-corrected chi connectivity index (χ0v) is 17.1. The monoisotopic (exact) mass is 461 g/mol. The molecule has 150 valence electrons. The van der Waals surface area contributed by atoms with Crippen molar-refractivity contribution in [2.75, 3.05) is 0 Å². The van der Waals surface area contributed by atoms with Gasteiger partial charge in [0.2, 0.25) is 11.6 Å². The Kier molecular flexibility index (Phi) is 5.34. The fourth-order valence-electron chi connectivity index (χ4n) is 2.76. The number of aromatic nitrogens is 1. The van der Waals surface area contributed by atoms with Crippen LogP contribution in [0.3, 0.4) is 0 Å². The number of phenols is 1. The summed E-state index contributed by atoms with van der Waals surface area (Å²) in [6.45, 7) is 0. The molecule has 1 aromatic heterocycles. The number of nitro benzene ring substituents is 1. The minimum Gasteiger partial charge on any atom is -0.502 e. The molecule has 0 aliphatic rings. The van der Waals surface area contributed by atoms with Crippen LogP contribution in [0.4, 0.5) is 11.4 Å². The van der Waals surface area contributed by atoms with E-state index in [0.29, 0.717) is 38.3 Å². The number of aliphatic imine (C=N–C) groups is 1. The zero-order valence-electron chi connectivity index (χ0n) is 14.8. The van der Waals surface area contributed by atoms with Crippen LogP contribution < -0.4 is 0 Å². The van der Waals surface area contributed by atoms with Crippen molar-refractivity contribution < 1.29 is 14.4 Å². The summed E-state index contributed by atoms with van der Waals surface area (Å²) in [4.78, 5) is 19.0. The minimum absolute atomic E-state index is 0.109. The highest BCUT2D eigenvalue weighted by atomic mass is 35.5. The van der Waals surface area contributed by atoms with Crippen molar-refractivity contribution in [3.05, 3.63) is 79.3 Å². The molecule has 0 aliphatic heterocycles. The number of rotatable bonds is 4. The van der Waals surface area contributed by atoms with Crippen molar-refractivity contribution in [1.82, 2.24) is 4.98 Å². The van der Waals surface area contributed by atoms with Crippen LogP contribution >= 0.6 is 34.8 Å². The zero-order chi connectivity index (χ0) is 21.4. The highest BCUT2D eigenvalue weighted by molar-refractivity contribution is 6.36. The molecule has 10 heteroatoms. The lowest BCUT2D eigenvalue weighted by molar-refractivity contribution is -0.385. The van der Waals surface area contributed by atoms with Gasteiger partial charge in [-0.3, -0.25) is 15.1 Å². The summed E-state index contributed by atoms with van der Waals surface area (Å²) in [7, 11) is 0. The number of nitrogens with zero attached hydrogens (tertiary/aromatic N) is 3. The van der Waals surface area contributed by atoms with E-state index in [1.807, 2.05) is 0 Å². The fraction of sp³-hybridized carbons (Fsp3) is 0. The molecule has 0 aliphatic carbocycles. The lowest BCUT2D eigenvalue weighted by atomic mass is 10.2. The van der Waals surface area contributed by atoms with Crippen molar-refractivity contribution in [3.63, 3.8) is 0 Å². The van der Waals surface area contributed by atoms with E-state index in [1.165, 1.54) is 12.3 Å². The van der Waals surface area contributed by atoms with Crippen LogP contribution in [0.2, 0.25) is 15.1 Å². The number of aromatic hydroxyl groups is 1. The number of phenolic OH excluding ortho intramolecular Hbond substituents is 1. The lowest BCUT2D eigenvalue weighted by Crippen LogP contribution is -1.92. The molecule has 1 heterocycles. The predicted molar refractivity (Wildman–Crippen MR) is 116 cm³/mol.